The number of nitrogens with zero attached hydrogens (tertiary/aromatic N) is 4. The fourth-order valence-electron chi connectivity index (χ4n) is 2.90. The normalized spacial score (nSPS) is 10.5. The van der Waals surface area contributed by atoms with Crippen LogP contribution in [0.3, 0.4) is 0 Å². The molecule has 0 aliphatic heterocycles. The van der Waals surface area contributed by atoms with Crippen molar-refractivity contribution >= 4 is 40.0 Å². The molecule has 156 valence electrons. The first kappa shape index (κ1) is 21.7. The van der Waals surface area contributed by atoms with Crippen LogP contribution in [0.4, 0.5) is 10.9 Å². The van der Waals surface area contributed by atoms with Crippen LogP contribution in [0.5, 0.6) is 5.75 Å². The molecule has 3 rings (SSSR count). The smallest absolute Gasteiger partial charge is 0.235 e. The van der Waals surface area contributed by atoms with E-state index in [0.29, 0.717) is 15.7 Å². The van der Waals surface area contributed by atoms with E-state index in [1.165, 1.54) is 23.1 Å². The van der Waals surface area contributed by atoms with Gasteiger partial charge in [-0.25, -0.2) is 0 Å². The molecule has 2 heterocycles. The Bertz CT molecular complexity index is 1080. The first-order valence-corrected chi connectivity index (χ1v) is 11.0. The van der Waals surface area contributed by atoms with E-state index in [2.05, 4.69) is 26.9 Å². The van der Waals surface area contributed by atoms with Crippen molar-refractivity contribution in [3.05, 3.63) is 41.1 Å². The molecule has 0 bridgehead atoms. The van der Waals surface area contributed by atoms with E-state index in [-0.39, 0.29) is 11.7 Å². The van der Waals surface area contributed by atoms with Gasteiger partial charge in [0.1, 0.15) is 17.6 Å². The lowest BCUT2D eigenvalue weighted by atomic mass is 10.2. The molecule has 0 atom stereocenters. The van der Waals surface area contributed by atoms with Gasteiger partial charge in [-0.3, -0.25) is 9.36 Å². The highest BCUT2D eigenvalue weighted by Gasteiger charge is 2.21. The van der Waals surface area contributed by atoms with Crippen LogP contribution in [0.1, 0.15) is 23.7 Å². The lowest BCUT2D eigenvalue weighted by Crippen LogP contribution is -2.17. The van der Waals surface area contributed by atoms with Crippen LogP contribution in [0, 0.1) is 25.2 Å². The number of amides is 1. The van der Waals surface area contributed by atoms with E-state index in [1.807, 2.05) is 49.6 Å². The molecule has 3 aromatic rings. The van der Waals surface area contributed by atoms with Crippen LogP contribution in [0.15, 0.2) is 28.6 Å². The van der Waals surface area contributed by atoms with Crippen molar-refractivity contribution in [2.45, 2.75) is 25.1 Å². The van der Waals surface area contributed by atoms with Crippen molar-refractivity contribution in [1.82, 2.24) is 14.8 Å². The fraction of sp³-hybridized carbons (Fsp3) is 0.300. The topological polar surface area (TPSA) is 105 Å². The molecule has 8 nitrogen and oxygen atoms in total. The summed E-state index contributed by atoms with van der Waals surface area (Å²) in [5.74, 6) is 1.15. The zero-order chi connectivity index (χ0) is 21.7. The van der Waals surface area contributed by atoms with Gasteiger partial charge in [-0.15, -0.1) is 10.2 Å². The molecule has 30 heavy (non-hydrogen) atoms. The summed E-state index contributed by atoms with van der Waals surface area (Å²) in [5, 5.41) is 24.5. The van der Waals surface area contributed by atoms with Crippen LogP contribution in [-0.2, 0) is 4.79 Å². The number of ether oxygens (including phenoxy) is 1. The summed E-state index contributed by atoms with van der Waals surface area (Å²) < 4.78 is 7.81. The van der Waals surface area contributed by atoms with Crippen LogP contribution >= 0.6 is 23.1 Å². The van der Waals surface area contributed by atoms with E-state index in [0.717, 1.165) is 34.4 Å². The van der Waals surface area contributed by atoms with Crippen molar-refractivity contribution in [3.8, 4) is 17.5 Å². The maximum Gasteiger partial charge on any atom is 0.235 e. The molecule has 0 saturated heterocycles. The predicted molar refractivity (Wildman–Crippen MR) is 120 cm³/mol. The lowest BCUT2D eigenvalue weighted by Gasteiger charge is -2.13. The van der Waals surface area contributed by atoms with Crippen LogP contribution in [0.25, 0.3) is 5.69 Å². The largest absolute Gasteiger partial charge is 0.497 e. The quantitative estimate of drug-likeness (QED) is 0.508. The Labute approximate surface area is 183 Å². The Balaban J connectivity index is 1.82. The van der Waals surface area contributed by atoms with Gasteiger partial charge in [0.25, 0.3) is 0 Å². The third kappa shape index (κ3) is 4.58. The van der Waals surface area contributed by atoms with E-state index in [1.54, 1.807) is 7.11 Å². The van der Waals surface area contributed by atoms with Crippen molar-refractivity contribution < 1.29 is 9.53 Å². The van der Waals surface area contributed by atoms with E-state index < -0.39 is 0 Å². The van der Waals surface area contributed by atoms with Crippen molar-refractivity contribution in [1.29, 1.82) is 5.26 Å². The maximum atomic E-state index is 12.7. The molecule has 0 radical (unpaired) electrons. The number of aromatic nitrogens is 3. The molecular weight excluding hydrogens is 420 g/mol. The number of methoxy groups -OCH3 is 1. The van der Waals surface area contributed by atoms with E-state index in [4.69, 9.17) is 4.74 Å². The van der Waals surface area contributed by atoms with Gasteiger partial charge >= 0.3 is 0 Å². The number of thioether (sulfide) groups is 1. The minimum Gasteiger partial charge on any atom is -0.497 e. The van der Waals surface area contributed by atoms with Crippen molar-refractivity contribution in [2.24, 2.45) is 0 Å². The molecule has 1 aromatic carbocycles. The highest BCUT2D eigenvalue weighted by Crippen LogP contribution is 2.31. The van der Waals surface area contributed by atoms with Gasteiger partial charge in [0.05, 0.1) is 18.4 Å². The standard InChI is InChI=1S/C20H22N6O2S2/c1-5-22-19-24-25-20(30-19)29-11-17(27)23-18-16(10-21)12(2)13(3)26(18)14-6-8-15(28-4)9-7-14/h6-9H,5,11H2,1-4H3,(H,22,24)(H,23,27). The molecule has 0 aliphatic carbocycles. The molecule has 2 aromatic heterocycles. The Kier molecular flexibility index (Phi) is 6.97. The van der Waals surface area contributed by atoms with Gasteiger partial charge in [0.15, 0.2) is 4.34 Å². The summed E-state index contributed by atoms with van der Waals surface area (Å²) in [6.45, 7) is 6.55. The maximum absolute atomic E-state index is 12.7. The van der Waals surface area contributed by atoms with Gasteiger partial charge in [-0.1, -0.05) is 23.1 Å². The Morgan fingerprint density at radius 1 is 1.30 bits per heavy atom. The van der Waals surface area contributed by atoms with Crippen molar-refractivity contribution in [3.63, 3.8) is 0 Å². The van der Waals surface area contributed by atoms with Gasteiger partial charge < -0.3 is 15.4 Å². The number of hydrogen-bond acceptors (Lipinski definition) is 8. The number of benzene rings is 1. The second-order valence-corrected chi connectivity index (χ2v) is 8.52. The summed E-state index contributed by atoms with van der Waals surface area (Å²) >= 11 is 2.71. The average molecular weight is 443 g/mol. The molecule has 0 saturated carbocycles. The third-order valence-electron chi connectivity index (χ3n) is 4.47. The van der Waals surface area contributed by atoms with E-state index in [9.17, 15) is 10.1 Å². The number of carbonyl (C=O) groups excluding carboxylic acids is 1. The van der Waals surface area contributed by atoms with E-state index >= 15 is 0 Å². The lowest BCUT2D eigenvalue weighted by molar-refractivity contribution is -0.113. The minimum absolute atomic E-state index is 0.164. The number of nitriles is 1. The number of rotatable bonds is 8. The first-order valence-electron chi connectivity index (χ1n) is 9.24. The SMILES string of the molecule is CCNc1nnc(SCC(=O)Nc2c(C#N)c(C)c(C)n2-c2ccc(OC)cc2)s1. The second kappa shape index (κ2) is 9.65. The molecular formula is C20H22N6O2S2. The highest BCUT2D eigenvalue weighted by atomic mass is 32.2. The molecule has 0 unspecified atom stereocenters. The van der Waals surface area contributed by atoms with Crippen LogP contribution in [0.2, 0.25) is 0 Å². The molecule has 2 N–H and O–H groups in total. The minimum atomic E-state index is -0.219. The van der Waals surface area contributed by atoms with Gasteiger partial charge in [-0.2, -0.15) is 5.26 Å². The summed E-state index contributed by atoms with van der Waals surface area (Å²) in [6.07, 6.45) is 0. The molecule has 1 amide bonds. The van der Waals surface area contributed by atoms with Crippen LogP contribution in [-0.4, -0.2) is 40.1 Å². The molecule has 0 fully saturated rings. The van der Waals surface area contributed by atoms with Gasteiger partial charge in [-0.05, 0) is 50.6 Å². The number of nitrogens with one attached hydrogen (secondary N) is 2. The molecule has 0 aliphatic rings. The monoisotopic (exact) mass is 442 g/mol. The zero-order valence-electron chi connectivity index (χ0n) is 17.1. The Morgan fingerprint density at radius 3 is 2.67 bits per heavy atom. The number of anilines is 2. The Morgan fingerprint density at radius 2 is 2.03 bits per heavy atom. The first-order chi connectivity index (χ1) is 14.5. The van der Waals surface area contributed by atoms with Gasteiger partial charge in [0, 0.05) is 17.9 Å². The summed E-state index contributed by atoms with van der Waals surface area (Å²) in [7, 11) is 1.61. The summed E-state index contributed by atoms with van der Waals surface area (Å²) in [5.41, 5.74) is 3.00. The summed E-state index contributed by atoms with van der Waals surface area (Å²) in [4.78, 5) is 12.7. The third-order valence-corrected chi connectivity index (χ3v) is 6.49. The number of hydrogen-bond donors (Lipinski definition) is 2. The second-order valence-electron chi connectivity index (χ2n) is 6.32. The van der Waals surface area contributed by atoms with Gasteiger partial charge in [0.2, 0.25) is 11.0 Å². The predicted octanol–water partition coefficient (Wildman–Crippen LogP) is 3.99. The highest BCUT2D eigenvalue weighted by molar-refractivity contribution is 8.01. The number of carbonyl (C=O) groups is 1. The zero-order valence-corrected chi connectivity index (χ0v) is 18.8. The molecule has 10 heteroatoms. The van der Waals surface area contributed by atoms with Crippen LogP contribution < -0.4 is 15.4 Å². The molecule has 0 spiro atoms. The average Bonchev–Trinajstić information content (AvgIpc) is 3.29. The summed E-state index contributed by atoms with van der Waals surface area (Å²) in [6, 6.07) is 9.68. The van der Waals surface area contributed by atoms with Crippen molar-refractivity contribution in [2.75, 3.05) is 30.0 Å². The Hall–Kier alpha value is -3.03. The fourth-order valence-corrected chi connectivity index (χ4v) is 4.52.